The van der Waals surface area contributed by atoms with E-state index in [1.807, 2.05) is 0 Å². The summed E-state index contributed by atoms with van der Waals surface area (Å²) >= 11 is 0. The molecule has 0 amide bonds. The second-order valence-electron chi connectivity index (χ2n) is 13.6. The Balaban J connectivity index is -0.00000106. The van der Waals surface area contributed by atoms with Crippen molar-refractivity contribution in [3.63, 3.8) is 0 Å². The van der Waals surface area contributed by atoms with Crippen LogP contribution in [0.3, 0.4) is 0 Å². The van der Waals surface area contributed by atoms with E-state index < -0.39 is 74.6 Å². The summed E-state index contributed by atoms with van der Waals surface area (Å²) < 4.78 is 64.6. The molecule has 0 bridgehead atoms. The van der Waals surface area contributed by atoms with Crippen LogP contribution in [0.2, 0.25) is 0 Å². The van der Waals surface area contributed by atoms with E-state index in [0.717, 1.165) is 5.69 Å². The summed E-state index contributed by atoms with van der Waals surface area (Å²) in [5.41, 5.74) is 19.0. The minimum Gasteiger partial charge on any atom is -0.394 e. The first-order valence-corrected chi connectivity index (χ1v) is 21.3. The molecule has 4 unspecified atom stereocenters. The number of azide groups is 1. The number of nitrogens with two attached hydrogens (primary N) is 2. The Morgan fingerprint density at radius 2 is 1.03 bits per heavy atom. The third-order valence-electron chi connectivity index (χ3n) is 8.61. The minimum atomic E-state index is -1.47. The Bertz CT molecular complexity index is 1370. The first-order chi connectivity index (χ1) is 32.1. The van der Waals surface area contributed by atoms with Gasteiger partial charge in [-0.3, -0.25) is 0 Å². The van der Waals surface area contributed by atoms with Gasteiger partial charge in [0.2, 0.25) is 0 Å². The molecule has 28 nitrogen and oxygen atoms in total. The number of aromatic nitrogens is 3. The fraction of sp³-hybridized carbons (Fsp3) is 0.902. The molecule has 10 atom stereocenters. The molecule has 2 fully saturated rings. The highest BCUT2D eigenvalue weighted by Crippen LogP contribution is 2.23. The molecule has 3 heterocycles. The van der Waals surface area contributed by atoms with Crippen molar-refractivity contribution in [1.29, 1.82) is 0 Å². The SMILES string of the molecule is C.C.C.C#CCOCCOCCOCCO[C@H]1OC(CO)[C@@H](O)[C@H](O)C1O.NCCOCCn1cc(COCCOCCOCCO[C@H]2OC(CO)[C@@H](O)[C@H](O)C2O)nn1.[N-]=[N+]=NCCOCCN. The van der Waals surface area contributed by atoms with Crippen molar-refractivity contribution in [3.8, 4) is 12.3 Å². The number of hydrogen-bond donors (Lipinski definition) is 10. The molecule has 1 aromatic rings. The molecule has 69 heavy (non-hydrogen) atoms. The second-order valence-corrected chi connectivity index (χ2v) is 13.6. The zero-order valence-electron chi connectivity index (χ0n) is 37.2. The zero-order valence-corrected chi connectivity index (χ0v) is 37.2. The summed E-state index contributed by atoms with van der Waals surface area (Å²) in [6.07, 6.45) is -6.05. The van der Waals surface area contributed by atoms with Gasteiger partial charge in [-0.2, -0.15) is 0 Å². The van der Waals surface area contributed by atoms with Gasteiger partial charge < -0.3 is 109 Å². The van der Waals surface area contributed by atoms with Gasteiger partial charge in [-0.05, 0) is 5.53 Å². The maximum absolute atomic E-state index is 9.86. The molecular weight excluding hydrogens is 924 g/mol. The lowest BCUT2D eigenvalue weighted by molar-refractivity contribution is -0.302. The predicted octanol–water partition coefficient (Wildman–Crippen LogP) is -3.71. The van der Waals surface area contributed by atoms with Gasteiger partial charge in [-0.25, -0.2) is 4.68 Å². The normalized spacial score (nSPS) is 23.8. The van der Waals surface area contributed by atoms with Crippen LogP contribution >= 0.6 is 0 Å². The van der Waals surface area contributed by atoms with Crippen molar-refractivity contribution in [2.75, 3.05) is 145 Å². The van der Waals surface area contributed by atoms with E-state index in [2.05, 4.69) is 26.3 Å². The summed E-state index contributed by atoms with van der Waals surface area (Å²) in [5.74, 6) is 2.35. The lowest BCUT2D eigenvalue weighted by atomic mass is 9.99. The smallest absolute Gasteiger partial charge is 0.186 e. The molecule has 0 aliphatic carbocycles. The third kappa shape index (κ3) is 32.7. The van der Waals surface area contributed by atoms with Crippen LogP contribution in [0.4, 0.5) is 0 Å². The number of rotatable bonds is 35. The van der Waals surface area contributed by atoms with Crippen molar-refractivity contribution >= 4 is 0 Å². The number of terminal acetylenes is 1. The lowest BCUT2D eigenvalue weighted by Gasteiger charge is -2.39. The first-order valence-electron chi connectivity index (χ1n) is 21.3. The molecule has 0 spiro atoms. The molecular formula is C41H84N8O20. The van der Waals surface area contributed by atoms with Gasteiger partial charge >= 0.3 is 0 Å². The average molecular weight is 1010 g/mol. The third-order valence-corrected chi connectivity index (χ3v) is 8.61. The average Bonchev–Trinajstić information content (AvgIpc) is 3.78. The van der Waals surface area contributed by atoms with Crippen molar-refractivity contribution in [2.24, 2.45) is 16.6 Å². The van der Waals surface area contributed by atoms with E-state index in [1.54, 1.807) is 10.9 Å². The van der Waals surface area contributed by atoms with Gasteiger partial charge in [0.25, 0.3) is 0 Å². The summed E-state index contributed by atoms with van der Waals surface area (Å²) in [6.45, 7) is 7.31. The standard InChI is InChI=1S/C19H36N4O10.C15H26O9.C4H10N4O.3CH4/c20-1-3-28-4-2-23-11-14(21-22-23)13-31-8-7-29-5-6-30-9-10-32-19-18(27)17(26)16(25)15(12-24)33-19;1-2-3-20-4-5-21-6-7-22-8-9-23-15-14(19)13(18)12(17)11(10-16)24-15;5-1-3-9-4-2-7-8-6;;;/h11,15-19,24-27H,1-10,12-13,20H2;1,11-19H,3-10H2;1-5H2;3*1H4/t15?,16-,17+,18?,19+;11?,12-,13+,14?,15+;;;;/m11..../s1. The molecule has 2 aliphatic heterocycles. The van der Waals surface area contributed by atoms with Gasteiger partial charge in [-0.1, -0.05) is 38.5 Å². The van der Waals surface area contributed by atoms with Gasteiger partial charge in [-0.15, -0.1) is 11.5 Å². The number of aliphatic hydroxyl groups excluding tert-OH is 8. The highest BCUT2D eigenvalue weighted by atomic mass is 16.7. The second kappa shape index (κ2) is 47.5. The van der Waals surface area contributed by atoms with Crippen LogP contribution in [0.25, 0.3) is 10.4 Å². The van der Waals surface area contributed by atoms with Crippen molar-refractivity contribution in [1.82, 2.24) is 15.0 Å². The number of aliphatic hydroxyl groups is 8. The van der Waals surface area contributed by atoms with Crippen LogP contribution in [-0.4, -0.2) is 262 Å². The Labute approximate surface area is 405 Å². The molecule has 28 heteroatoms. The summed E-state index contributed by atoms with van der Waals surface area (Å²) in [4.78, 5) is 2.55. The summed E-state index contributed by atoms with van der Waals surface area (Å²) in [6, 6.07) is 0. The molecule has 0 aromatic carbocycles. The topological polar surface area (TPSA) is 404 Å². The number of nitrogens with zero attached hydrogens (tertiary/aromatic N) is 6. The summed E-state index contributed by atoms with van der Waals surface area (Å²) in [7, 11) is 0. The van der Waals surface area contributed by atoms with E-state index in [-0.39, 0.29) is 55.3 Å². The Hall–Kier alpha value is -2.87. The van der Waals surface area contributed by atoms with E-state index >= 15 is 0 Å². The van der Waals surface area contributed by atoms with Crippen LogP contribution in [0.1, 0.15) is 28.0 Å². The lowest BCUT2D eigenvalue weighted by Crippen LogP contribution is -2.59. The van der Waals surface area contributed by atoms with Crippen LogP contribution in [-0.2, 0) is 70.0 Å². The molecule has 2 saturated heterocycles. The largest absolute Gasteiger partial charge is 0.394 e. The van der Waals surface area contributed by atoms with Crippen molar-refractivity contribution in [2.45, 2.75) is 96.8 Å². The zero-order chi connectivity index (χ0) is 48.6. The highest BCUT2D eigenvalue weighted by Gasteiger charge is 2.45. The molecule has 408 valence electrons. The fourth-order valence-corrected chi connectivity index (χ4v) is 5.24. The molecule has 1 aromatic heterocycles. The predicted molar refractivity (Wildman–Crippen MR) is 246 cm³/mol. The van der Waals surface area contributed by atoms with Crippen LogP contribution in [0.15, 0.2) is 11.3 Å². The number of hydrogen-bond acceptors (Lipinski definition) is 25. The molecule has 12 N–H and O–H groups in total. The van der Waals surface area contributed by atoms with Crippen molar-refractivity contribution in [3.05, 3.63) is 22.3 Å². The Morgan fingerprint density at radius 1 is 0.609 bits per heavy atom. The van der Waals surface area contributed by atoms with E-state index in [1.165, 1.54) is 0 Å². The van der Waals surface area contributed by atoms with Gasteiger partial charge in [0.05, 0.1) is 138 Å². The maximum Gasteiger partial charge on any atom is 0.186 e. The van der Waals surface area contributed by atoms with Gasteiger partial charge in [0, 0.05) is 24.5 Å². The van der Waals surface area contributed by atoms with E-state index in [9.17, 15) is 30.6 Å². The maximum atomic E-state index is 9.86. The summed E-state index contributed by atoms with van der Waals surface area (Å²) in [5, 5.41) is 87.7. The minimum absolute atomic E-state index is 0. The first kappa shape index (κ1) is 70.4. The highest BCUT2D eigenvalue weighted by molar-refractivity contribution is 4.90. The quantitative estimate of drug-likeness (QED) is 0.0103. The molecule has 0 saturated carbocycles. The Morgan fingerprint density at radius 3 is 1.46 bits per heavy atom. The van der Waals surface area contributed by atoms with Crippen LogP contribution in [0.5, 0.6) is 0 Å². The van der Waals surface area contributed by atoms with Gasteiger partial charge in [0.15, 0.2) is 12.6 Å². The molecule has 2 aliphatic rings. The molecule has 0 radical (unpaired) electrons. The van der Waals surface area contributed by atoms with E-state index in [4.69, 9.17) is 90.5 Å². The fourth-order valence-electron chi connectivity index (χ4n) is 5.24. The van der Waals surface area contributed by atoms with Crippen LogP contribution < -0.4 is 11.5 Å². The van der Waals surface area contributed by atoms with Gasteiger partial charge in [0.1, 0.15) is 61.1 Å². The van der Waals surface area contributed by atoms with Crippen molar-refractivity contribution < 1.29 is 97.7 Å². The van der Waals surface area contributed by atoms with E-state index in [0.29, 0.717) is 112 Å². The molecule has 3 rings (SSSR count). The monoisotopic (exact) mass is 1010 g/mol. The van der Waals surface area contributed by atoms with Crippen LogP contribution in [0, 0.1) is 12.3 Å². The Kier molecular flexibility index (Phi) is 48.4. The number of ether oxygens (including phenoxy) is 12.